The van der Waals surface area contributed by atoms with Gasteiger partial charge in [-0.1, -0.05) is 18.2 Å². The van der Waals surface area contributed by atoms with Crippen LogP contribution in [0.4, 0.5) is 0 Å². The fraction of sp³-hybridized carbons (Fsp3) is 0.417. The van der Waals surface area contributed by atoms with E-state index in [9.17, 15) is 4.79 Å². The topological polar surface area (TPSA) is 41.6 Å². The fourth-order valence-corrected chi connectivity index (χ4v) is 1.69. The summed E-state index contributed by atoms with van der Waals surface area (Å²) >= 11 is 0. The van der Waals surface area contributed by atoms with Gasteiger partial charge in [0, 0.05) is 19.6 Å². The van der Waals surface area contributed by atoms with Crippen molar-refractivity contribution in [2.45, 2.75) is 13.0 Å². The molecule has 1 aromatic rings. The Morgan fingerprint density at radius 1 is 1.44 bits per heavy atom. The summed E-state index contributed by atoms with van der Waals surface area (Å²) in [5.41, 5.74) is 0.591. The normalized spacial score (nSPS) is 21.7. The first-order valence-corrected chi connectivity index (χ1v) is 5.52. The van der Waals surface area contributed by atoms with Gasteiger partial charge in [-0.2, -0.15) is 0 Å². The first kappa shape index (κ1) is 11.1. The highest BCUT2D eigenvalue weighted by Crippen LogP contribution is 2.07. The van der Waals surface area contributed by atoms with Crippen molar-refractivity contribution in [3.8, 4) is 0 Å². The van der Waals surface area contributed by atoms with Gasteiger partial charge in [-0.15, -0.1) is 5.06 Å². The number of nitrogens with one attached hydrogen (secondary N) is 1. The second kappa shape index (κ2) is 5.09. The molecular weight excluding hydrogens is 204 g/mol. The summed E-state index contributed by atoms with van der Waals surface area (Å²) in [5, 5.41) is 4.99. The van der Waals surface area contributed by atoms with E-state index < -0.39 is 0 Å². The molecule has 1 saturated heterocycles. The van der Waals surface area contributed by atoms with E-state index in [-0.39, 0.29) is 12.0 Å². The van der Waals surface area contributed by atoms with Crippen LogP contribution in [0, 0.1) is 0 Å². The first-order valence-electron chi connectivity index (χ1n) is 5.52. The second-order valence-electron chi connectivity index (χ2n) is 3.94. The number of carbonyl (C=O) groups excluding carboxylic acids is 1. The standard InChI is InChI=1S/C12H16N2O2/c1-10-9-13-7-8-14(10)16-12(15)11-5-3-2-4-6-11/h2-6,10,13H,7-9H2,1H3. The maximum absolute atomic E-state index is 11.8. The smallest absolute Gasteiger partial charge is 0.357 e. The number of nitrogens with zero attached hydrogens (tertiary/aromatic N) is 1. The van der Waals surface area contributed by atoms with Crippen molar-refractivity contribution < 1.29 is 9.63 Å². The van der Waals surface area contributed by atoms with Gasteiger partial charge in [-0.3, -0.25) is 0 Å². The van der Waals surface area contributed by atoms with Gasteiger partial charge in [0.15, 0.2) is 0 Å². The highest BCUT2D eigenvalue weighted by atomic mass is 16.7. The molecule has 0 aliphatic carbocycles. The third kappa shape index (κ3) is 2.59. The third-order valence-corrected chi connectivity index (χ3v) is 2.65. The predicted molar refractivity (Wildman–Crippen MR) is 60.9 cm³/mol. The molecule has 1 aliphatic heterocycles. The molecule has 0 spiro atoms. The zero-order chi connectivity index (χ0) is 11.4. The Bertz CT molecular complexity index is 353. The lowest BCUT2D eigenvalue weighted by Crippen LogP contribution is -2.50. The average Bonchev–Trinajstić information content (AvgIpc) is 2.33. The van der Waals surface area contributed by atoms with Crippen molar-refractivity contribution in [1.29, 1.82) is 0 Å². The van der Waals surface area contributed by atoms with Gasteiger partial charge in [-0.25, -0.2) is 4.79 Å². The van der Waals surface area contributed by atoms with Crippen molar-refractivity contribution in [3.05, 3.63) is 35.9 Å². The lowest BCUT2D eigenvalue weighted by atomic mass is 10.2. The molecule has 4 heteroatoms. The average molecular weight is 220 g/mol. The summed E-state index contributed by atoms with van der Waals surface area (Å²) in [6, 6.07) is 9.28. The van der Waals surface area contributed by atoms with Gasteiger partial charge in [-0.05, 0) is 19.1 Å². The van der Waals surface area contributed by atoms with Gasteiger partial charge in [0.2, 0.25) is 0 Å². The Hall–Kier alpha value is -1.39. The van der Waals surface area contributed by atoms with E-state index in [1.807, 2.05) is 25.1 Å². The molecule has 1 unspecified atom stereocenters. The van der Waals surface area contributed by atoms with Gasteiger partial charge < -0.3 is 10.2 Å². The zero-order valence-corrected chi connectivity index (χ0v) is 9.35. The lowest BCUT2D eigenvalue weighted by Gasteiger charge is -2.31. The number of piperazine rings is 1. The number of carbonyl (C=O) groups is 1. The SMILES string of the molecule is CC1CNCCN1OC(=O)c1ccccc1. The Morgan fingerprint density at radius 2 is 2.19 bits per heavy atom. The monoisotopic (exact) mass is 220 g/mol. The molecule has 1 N–H and O–H groups in total. The minimum Gasteiger partial charge on any atom is -0.364 e. The van der Waals surface area contributed by atoms with Crippen LogP contribution in [-0.2, 0) is 4.84 Å². The Morgan fingerprint density at radius 3 is 2.88 bits per heavy atom. The van der Waals surface area contributed by atoms with E-state index in [4.69, 9.17) is 4.84 Å². The predicted octanol–water partition coefficient (Wildman–Crippen LogP) is 1.05. The summed E-state index contributed by atoms with van der Waals surface area (Å²) in [4.78, 5) is 17.1. The molecule has 1 atom stereocenters. The van der Waals surface area contributed by atoms with Crippen LogP contribution < -0.4 is 5.32 Å². The van der Waals surface area contributed by atoms with Gasteiger partial charge in [0.25, 0.3) is 0 Å². The van der Waals surface area contributed by atoms with Crippen LogP contribution >= 0.6 is 0 Å². The van der Waals surface area contributed by atoms with Gasteiger partial charge in [0.05, 0.1) is 11.6 Å². The highest BCUT2D eigenvalue weighted by Gasteiger charge is 2.22. The maximum atomic E-state index is 11.8. The summed E-state index contributed by atoms with van der Waals surface area (Å²) in [5.74, 6) is -0.283. The molecule has 0 aromatic heterocycles. The number of rotatable bonds is 2. The van der Waals surface area contributed by atoms with Crippen molar-refractivity contribution in [1.82, 2.24) is 10.4 Å². The molecule has 0 radical (unpaired) electrons. The molecule has 1 aromatic carbocycles. The van der Waals surface area contributed by atoms with Crippen LogP contribution in [0.15, 0.2) is 30.3 Å². The quantitative estimate of drug-likeness (QED) is 0.809. The number of benzene rings is 1. The third-order valence-electron chi connectivity index (χ3n) is 2.65. The number of hydrogen-bond acceptors (Lipinski definition) is 4. The van der Waals surface area contributed by atoms with Crippen LogP contribution in [0.5, 0.6) is 0 Å². The molecular formula is C12H16N2O2. The second-order valence-corrected chi connectivity index (χ2v) is 3.94. The highest BCUT2D eigenvalue weighted by molar-refractivity contribution is 5.89. The molecule has 0 amide bonds. The van der Waals surface area contributed by atoms with Crippen molar-refractivity contribution in [2.75, 3.05) is 19.6 Å². The van der Waals surface area contributed by atoms with Crippen molar-refractivity contribution in [3.63, 3.8) is 0 Å². The van der Waals surface area contributed by atoms with E-state index >= 15 is 0 Å². The largest absolute Gasteiger partial charge is 0.364 e. The molecule has 2 rings (SSSR count). The lowest BCUT2D eigenvalue weighted by molar-refractivity contribution is -0.141. The van der Waals surface area contributed by atoms with E-state index in [0.717, 1.165) is 19.6 Å². The molecule has 1 aliphatic rings. The number of hydroxylamine groups is 2. The van der Waals surface area contributed by atoms with E-state index in [2.05, 4.69) is 5.32 Å². The minimum atomic E-state index is -0.283. The molecule has 16 heavy (non-hydrogen) atoms. The van der Waals surface area contributed by atoms with E-state index in [0.29, 0.717) is 5.56 Å². The summed E-state index contributed by atoms with van der Waals surface area (Å²) in [6.45, 7) is 4.47. The van der Waals surface area contributed by atoms with Crippen LogP contribution in [-0.4, -0.2) is 36.7 Å². The number of hydrogen-bond donors (Lipinski definition) is 1. The fourth-order valence-electron chi connectivity index (χ4n) is 1.69. The Labute approximate surface area is 95.2 Å². The zero-order valence-electron chi connectivity index (χ0n) is 9.35. The van der Waals surface area contributed by atoms with Crippen molar-refractivity contribution in [2.24, 2.45) is 0 Å². The van der Waals surface area contributed by atoms with Gasteiger partial charge >= 0.3 is 5.97 Å². The maximum Gasteiger partial charge on any atom is 0.357 e. The summed E-state index contributed by atoms with van der Waals surface area (Å²) < 4.78 is 0. The Balaban J connectivity index is 1.96. The van der Waals surface area contributed by atoms with Crippen LogP contribution in [0.2, 0.25) is 0 Å². The van der Waals surface area contributed by atoms with Crippen LogP contribution in [0.25, 0.3) is 0 Å². The van der Waals surface area contributed by atoms with Crippen LogP contribution in [0.3, 0.4) is 0 Å². The summed E-state index contributed by atoms with van der Waals surface area (Å²) in [6.07, 6.45) is 0. The van der Waals surface area contributed by atoms with E-state index in [1.54, 1.807) is 17.2 Å². The van der Waals surface area contributed by atoms with Crippen molar-refractivity contribution >= 4 is 5.97 Å². The summed E-state index contributed by atoms with van der Waals surface area (Å²) in [7, 11) is 0. The molecule has 0 bridgehead atoms. The van der Waals surface area contributed by atoms with Crippen LogP contribution in [0.1, 0.15) is 17.3 Å². The van der Waals surface area contributed by atoms with E-state index in [1.165, 1.54) is 0 Å². The minimum absolute atomic E-state index is 0.224. The molecule has 1 fully saturated rings. The first-order chi connectivity index (χ1) is 7.77. The molecule has 1 heterocycles. The molecule has 86 valence electrons. The molecule has 4 nitrogen and oxygen atoms in total. The Kier molecular flexibility index (Phi) is 3.54. The molecule has 0 saturated carbocycles. The van der Waals surface area contributed by atoms with Gasteiger partial charge in [0.1, 0.15) is 0 Å².